The molecular formula is C24H23ClN4O3. The van der Waals surface area contributed by atoms with E-state index in [0.717, 1.165) is 22.4 Å². The first kappa shape index (κ1) is 21.6. The van der Waals surface area contributed by atoms with Gasteiger partial charge in [0.25, 0.3) is 5.91 Å². The summed E-state index contributed by atoms with van der Waals surface area (Å²) in [7, 11) is 0. The van der Waals surface area contributed by atoms with Gasteiger partial charge < -0.3 is 14.6 Å². The van der Waals surface area contributed by atoms with Gasteiger partial charge in [-0.1, -0.05) is 53.2 Å². The minimum atomic E-state index is -0.412. The molecule has 2 heterocycles. The Labute approximate surface area is 190 Å². The smallest absolute Gasteiger partial charge is 0.279 e. The molecule has 0 fully saturated rings. The average Bonchev–Trinajstić information content (AvgIpc) is 3.35. The molecule has 0 bridgehead atoms. The zero-order valence-electron chi connectivity index (χ0n) is 18.1. The molecule has 8 heteroatoms. The van der Waals surface area contributed by atoms with Gasteiger partial charge in [-0.25, -0.2) is 0 Å². The molecule has 7 nitrogen and oxygen atoms in total. The number of carbonyl (C=O) groups is 1. The Morgan fingerprint density at radius 1 is 1.09 bits per heavy atom. The highest BCUT2D eigenvalue weighted by Crippen LogP contribution is 2.25. The molecule has 1 N–H and O–H groups in total. The lowest BCUT2D eigenvalue weighted by Crippen LogP contribution is -2.16. The van der Waals surface area contributed by atoms with E-state index in [0.29, 0.717) is 28.7 Å². The number of ether oxygens (including phenoxy) is 1. The minimum Gasteiger partial charge on any atom is -0.488 e. The van der Waals surface area contributed by atoms with Gasteiger partial charge in [-0.3, -0.25) is 9.48 Å². The van der Waals surface area contributed by atoms with Gasteiger partial charge in [-0.2, -0.15) is 5.10 Å². The Morgan fingerprint density at radius 3 is 2.59 bits per heavy atom. The Kier molecular flexibility index (Phi) is 6.28. The predicted octanol–water partition coefficient (Wildman–Crippen LogP) is 5.33. The summed E-state index contributed by atoms with van der Waals surface area (Å²) in [5, 5.41) is 11.8. The van der Waals surface area contributed by atoms with Gasteiger partial charge in [0.1, 0.15) is 18.1 Å². The Balaban J connectivity index is 1.46. The third-order valence-electron chi connectivity index (χ3n) is 5.14. The predicted molar refractivity (Wildman–Crippen MR) is 122 cm³/mol. The number of benzene rings is 2. The van der Waals surface area contributed by atoms with Crippen LogP contribution < -0.4 is 10.1 Å². The van der Waals surface area contributed by atoms with Crippen LogP contribution in [0.1, 0.15) is 38.5 Å². The SMILES string of the molecule is Cc1cccc(C)c1OCc1c(C(=O)Nc2ccn(Cc3ccccc3Cl)n2)noc1C. The molecule has 0 aliphatic heterocycles. The molecule has 4 aromatic rings. The van der Waals surface area contributed by atoms with Crippen molar-refractivity contribution in [2.75, 3.05) is 5.32 Å². The zero-order chi connectivity index (χ0) is 22.7. The van der Waals surface area contributed by atoms with Crippen molar-refractivity contribution in [1.82, 2.24) is 14.9 Å². The van der Waals surface area contributed by atoms with Crippen LogP contribution in [0.2, 0.25) is 5.02 Å². The van der Waals surface area contributed by atoms with Crippen LogP contribution in [0.3, 0.4) is 0 Å². The van der Waals surface area contributed by atoms with Crippen molar-refractivity contribution in [2.24, 2.45) is 0 Å². The highest BCUT2D eigenvalue weighted by Gasteiger charge is 2.21. The fourth-order valence-electron chi connectivity index (χ4n) is 3.40. The summed E-state index contributed by atoms with van der Waals surface area (Å²) in [6.45, 7) is 6.38. The van der Waals surface area contributed by atoms with E-state index in [-0.39, 0.29) is 12.3 Å². The van der Waals surface area contributed by atoms with Gasteiger partial charge >= 0.3 is 0 Å². The summed E-state index contributed by atoms with van der Waals surface area (Å²) in [4.78, 5) is 12.9. The maximum atomic E-state index is 12.9. The number of hydrogen-bond donors (Lipinski definition) is 1. The Morgan fingerprint density at radius 2 is 1.84 bits per heavy atom. The molecule has 0 atom stereocenters. The number of carbonyl (C=O) groups excluding carboxylic acids is 1. The van der Waals surface area contributed by atoms with Crippen molar-refractivity contribution in [2.45, 2.75) is 33.9 Å². The molecule has 2 aromatic carbocycles. The zero-order valence-corrected chi connectivity index (χ0v) is 18.8. The largest absolute Gasteiger partial charge is 0.488 e. The third kappa shape index (κ3) is 4.68. The topological polar surface area (TPSA) is 82.2 Å². The van der Waals surface area contributed by atoms with Gasteiger partial charge in [0.2, 0.25) is 0 Å². The van der Waals surface area contributed by atoms with E-state index in [1.54, 1.807) is 23.9 Å². The Bertz CT molecular complexity index is 1240. The minimum absolute atomic E-state index is 0.171. The van der Waals surface area contributed by atoms with Crippen LogP contribution in [0.5, 0.6) is 5.75 Å². The molecule has 164 valence electrons. The first-order valence-electron chi connectivity index (χ1n) is 10.1. The monoisotopic (exact) mass is 450 g/mol. The van der Waals surface area contributed by atoms with E-state index >= 15 is 0 Å². The molecule has 2 aromatic heterocycles. The van der Waals surface area contributed by atoms with E-state index in [9.17, 15) is 4.79 Å². The summed E-state index contributed by atoms with van der Waals surface area (Å²) in [5.74, 6) is 1.32. The maximum absolute atomic E-state index is 12.9. The maximum Gasteiger partial charge on any atom is 0.279 e. The molecule has 0 aliphatic rings. The lowest BCUT2D eigenvalue weighted by molar-refractivity contribution is 0.101. The summed E-state index contributed by atoms with van der Waals surface area (Å²) < 4.78 is 13.0. The standard InChI is InChI=1S/C24H23ClN4O3/c1-15-7-6-8-16(2)23(15)31-14-19-17(3)32-28-22(19)24(30)26-21-11-12-29(27-21)13-18-9-4-5-10-20(18)25/h4-12H,13-14H2,1-3H3,(H,26,27,30). The number of rotatable bonds is 7. The van der Waals surface area contributed by atoms with Crippen molar-refractivity contribution >= 4 is 23.3 Å². The molecule has 0 aliphatic carbocycles. The molecule has 4 rings (SSSR count). The van der Waals surface area contributed by atoms with Crippen LogP contribution in [-0.4, -0.2) is 20.8 Å². The normalized spacial score (nSPS) is 10.9. The molecule has 0 unspecified atom stereocenters. The van der Waals surface area contributed by atoms with Gasteiger partial charge in [0.15, 0.2) is 11.5 Å². The number of nitrogens with zero attached hydrogens (tertiary/aromatic N) is 3. The number of hydrogen-bond acceptors (Lipinski definition) is 5. The summed E-state index contributed by atoms with van der Waals surface area (Å²) in [6.07, 6.45) is 1.78. The Hall–Kier alpha value is -3.58. The van der Waals surface area contributed by atoms with Crippen LogP contribution in [0, 0.1) is 20.8 Å². The van der Waals surface area contributed by atoms with Crippen LogP contribution in [0.15, 0.2) is 59.3 Å². The number of amides is 1. The number of aryl methyl sites for hydroxylation is 3. The quantitative estimate of drug-likeness (QED) is 0.411. The number of para-hydroxylation sites is 1. The first-order valence-corrected chi connectivity index (χ1v) is 10.5. The van der Waals surface area contributed by atoms with E-state index in [1.807, 2.05) is 56.3 Å². The second-order valence-electron chi connectivity index (χ2n) is 7.52. The number of anilines is 1. The highest BCUT2D eigenvalue weighted by atomic mass is 35.5. The van der Waals surface area contributed by atoms with E-state index in [2.05, 4.69) is 15.6 Å². The van der Waals surface area contributed by atoms with Crippen LogP contribution in [0.25, 0.3) is 0 Å². The van der Waals surface area contributed by atoms with Crippen molar-refractivity contribution < 1.29 is 14.1 Å². The highest BCUT2D eigenvalue weighted by molar-refractivity contribution is 6.31. The van der Waals surface area contributed by atoms with Crippen LogP contribution in [-0.2, 0) is 13.2 Å². The summed E-state index contributed by atoms with van der Waals surface area (Å²) in [6, 6.07) is 15.2. The molecule has 32 heavy (non-hydrogen) atoms. The number of halogens is 1. The molecular weight excluding hydrogens is 428 g/mol. The molecule has 0 saturated carbocycles. The molecule has 1 amide bonds. The number of nitrogens with one attached hydrogen (secondary N) is 1. The van der Waals surface area contributed by atoms with Gasteiger partial charge in [0, 0.05) is 17.3 Å². The summed E-state index contributed by atoms with van der Waals surface area (Å²) in [5.41, 5.74) is 3.76. The van der Waals surface area contributed by atoms with E-state index < -0.39 is 5.91 Å². The van der Waals surface area contributed by atoms with Crippen molar-refractivity contribution in [3.8, 4) is 5.75 Å². The number of aromatic nitrogens is 3. The molecule has 0 spiro atoms. The fourth-order valence-corrected chi connectivity index (χ4v) is 3.60. The van der Waals surface area contributed by atoms with Gasteiger partial charge in [-0.15, -0.1) is 0 Å². The van der Waals surface area contributed by atoms with Crippen LogP contribution in [0.4, 0.5) is 5.82 Å². The average molecular weight is 451 g/mol. The second kappa shape index (κ2) is 9.28. The fraction of sp³-hybridized carbons (Fsp3) is 0.208. The van der Waals surface area contributed by atoms with Crippen LogP contribution >= 0.6 is 11.6 Å². The lowest BCUT2D eigenvalue weighted by atomic mass is 10.1. The third-order valence-corrected chi connectivity index (χ3v) is 5.51. The second-order valence-corrected chi connectivity index (χ2v) is 7.93. The summed E-state index contributed by atoms with van der Waals surface area (Å²) >= 11 is 6.22. The van der Waals surface area contributed by atoms with Gasteiger partial charge in [0.05, 0.1) is 12.1 Å². The molecule has 0 saturated heterocycles. The molecule has 0 radical (unpaired) electrons. The van der Waals surface area contributed by atoms with Crippen molar-refractivity contribution in [3.63, 3.8) is 0 Å². The van der Waals surface area contributed by atoms with Crippen molar-refractivity contribution in [3.05, 3.63) is 93.5 Å². The van der Waals surface area contributed by atoms with E-state index in [4.69, 9.17) is 20.9 Å². The lowest BCUT2D eigenvalue weighted by Gasteiger charge is -2.12. The van der Waals surface area contributed by atoms with Gasteiger partial charge in [-0.05, 0) is 43.5 Å². The van der Waals surface area contributed by atoms with Crippen molar-refractivity contribution in [1.29, 1.82) is 0 Å². The van der Waals surface area contributed by atoms with E-state index in [1.165, 1.54) is 0 Å². The first-order chi connectivity index (χ1) is 15.4.